The third-order valence-electron chi connectivity index (χ3n) is 5.98. The molecule has 0 aliphatic heterocycles. The summed E-state index contributed by atoms with van der Waals surface area (Å²) in [7, 11) is 9.17. The van der Waals surface area contributed by atoms with Crippen LogP contribution in [0.15, 0.2) is 55.4 Å². The number of ether oxygens (including phenoxy) is 1. The van der Waals surface area contributed by atoms with Crippen molar-refractivity contribution in [1.29, 1.82) is 0 Å². The standard InChI is InChI=1S/C27H31FN8O2/c1-7-23(37)30-21-15-22(26(38-6)33-25(21)35(4)14-13-34(2)3)32-27-29-12-11-20(31-27)18-16-36(5)24-17(18)9-8-10-19(24)28/h7-12,15-16H,1,13-14H2,2-6H3,(H,30,37)(H,29,31,32). The maximum Gasteiger partial charge on any atom is 0.247 e. The smallest absolute Gasteiger partial charge is 0.247 e. The molecule has 0 fully saturated rings. The quantitative estimate of drug-likeness (QED) is 0.304. The Morgan fingerprint density at radius 1 is 1.18 bits per heavy atom. The Bertz CT molecular complexity index is 1480. The van der Waals surface area contributed by atoms with Gasteiger partial charge in [0.15, 0.2) is 5.82 Å². The third-order valence-corrected chi connectivity index (χ3v) is 5.98. The summed E-state index contributed by atoms with van der Waals surface area (Å²) in [6.45, 7) is 5.00. The minimum absolute atomic E-state index is 0.283. The van der Waals surface area contributed by atoms with Crippen molar-refractivity contribution < 1.29 is 13.9 Å². The predicted octanol–water partition coefficient (Wildman–Crippen LogP) is 4.04. The minimum atomic E-state index is -0.369. The number of fused-ring (bicyclic) bond motifs is 1. The number of pyridine rings is 1. The molecule has 10 nitrogen and oxygen atoms in total. The Hall–Kier alpha value is -4.51. The van der Waals surface area contributed by atoms with E-state index in [0.717, 1.165) is 17.5 Å². The summed E-state index contributed by atoms with van der Waals surface area (Å²) in [5.41, 5.74) is 2.82. The van der Waals surface area contributed by atoms with Gasteiger partial charge in [-0.25, -0.2) is 14.4 Å². The molecule has 0 aliphatic carbocycles. The van der Waals surface area contributed by atoms with Crippen LogP contribution >= 0.6 is 0 Å². The number of carbonyl (C=O) groups excluding carboxylic acids is 1. The molecule has 11 heteroatoms. The fourth-order valence-electron chi connectivity index (χ4n) is 4.07. The fourth-order valence-corrected chi connectivity index (χ4v) is 4.07. The molecule has 3 heterocycles. The van der Waals surface area contributed by atoms with Crippen molar-refractivity contribution in [3.05, 3.63) is 61.2 Å². The molecule has 0 saturated heterocycles. The van der Waals surface area contributed by atoms with Crippen LogP contribution in [0.5, 0.6) is 5.88 Å². The zero-order valence-electron chi connectivity index (χ0n) is 22.1. The van der Waals surface area contributed by atoms with Gasteiger partial charge in [-0.2, -0.15) is 4.98 Å². The minimum Gasteiger partial charge on any atom is -0.479 e. The first-order valence-corrected chi connectivity index (χ1v) is 11.9. The number of halogens is 1. The highest BCUT2D eigenvalue weighted by Gasteiger charge is 2.19. The third kappa shape index (κ3) is 5.57. The Kier molecular flexibility index (Phi) is 7.87. The number of hydrogen-bond acceptors (Lipinski definition) is 8. The highest BCUT2D eigenvalue weighted by atomic mass is 19.1. The first kappa shape index (κ1) is 26.6. The molecule has 2 N–H and O–H groups in total. The molecule has 1 amide bonds. The number of benzene rings is 1. The van der Waals surface area contributed by atoms with Crippen LogP contribution in [0, 0.1) is 5.82 Å². The van der Waals surface area contributed by atoms with Crippen LogP contribution in [0.25, 0.3) is 22.2 Å². The van der Waals surface area contributed by atoms with Gasteiger partial charge in [-0.1, -0.05) is 18.7 Å². The molecule has 38 heavy (non-hydrogen) atoms. The number of rotatable bonds is 10. The average molecular weight is 519 g/mol. The predicted molar refractivity (Wildman–Crippen MR) is 149 cm³/mol. The molecule has 0 saturated carbocycles. The molecule has 0 aliphatic rings. The van der Waals surface area contributed by atoms with Crippen molar-refractivity contribution in [1.82, 2.24) is 24.4 Å². The van der Waals surface area contributed by atoms with Crippen molar-refractivity contribution in [2.24, 2.45) is 7.05 Å². The topological polar surface area (TPSA) is 100 Å². The first-order chi connectivity index (χ1) is 18.2. The van der Waals surface area contributed by atoms with Gasteiger partial charge in [-0.15, -0.1) is 0 Å². The summed E-state index contributed by atoms with van der Waals surface area (Å²) >= 11 is 0. The van der Waals surface area contributed by atoms with Crippen molar-refractivity contribution in [3.8, 4) is 17.1 Å². The second-order valence-corrected chi connectivity index (χ2v) is 9.01. The lowest BCUT2D eigenvalue weighted by molar-refractivity contribution is -0.111. The van der Waals surface area contributed by atoms with E-state index in [4.69, 9.17) is 4.74 Å². The van der Waals surface area contributed by atoms with Gasteiger partial charge in [0.25, 0.3) is 0 Å². The Morgan fingerprint density at radius 3 is 2.68 bits per heavy atom. The second-order valence-electron chi connectivity index (χ2n) is 9.01. The van der Waals surface area contributed by atoms with E-state index in [2.05, 4.69) is 37.1 Å². The Balaban J connectivity index is 1.72. The summed E-state index contributed by atoms with van der Waals surface area (Å²) in [4.78, 5) is 29.8. The van der Waals surface area contributed by atoms with E-state index < -0.39 is 0 Å². The van der Waals surface area contributed by atoms with E-state index >= 15 is 0 Å². The van der Waals surface area contributed by atoms with Gasteiger partial charge in [0.05, 0.1) is 24.0 Å². The zero-order chi connectivity index (χ0) is 27.4. The van der Waals surface area contributed by atoms with Gasteiger partial charge < -0.3 is 29.7 Å². The number of amides is 1. The van der Waals surface area contributed by atoms with Crippen LogP contribution in [-0.2, 0) is 11.8 Å². The average Bonchev–Trinajstić information content (AvgIpc) is 3.25. The lowest BCUT2D eigenvalue weighted by atomic mass is 10.1. The van der Waals surface area contributed by atoms with Crippen LogP contribution < -0.4 is 20.3 Å². The molecule has 0 bridgehead atoms. The largest absolute Gasteiger partial charge is 0.479 e. The number of nitrogens with one attached hydrogen (secondary N) is 2. The molecular formula is C27H31FN8O2. The number of nitrogens with zero attached hydrogens (tertiary/aromatic N) is 6. The molecule has 198 valence electrons. The molecule has 4 rings (SSSR count). The van der Waals surface area contributed by atoms with Crippen molar-refractivity contribution in [2.45, 2.75) is 0 Å². The van der Waals surface area contributed by atoms with Crippen LogP contribution in [0.3, 0.4) is 0 Å². The number of para-hydroxylation sites is 1. The van der Waals surface area contributed by atoms with E-state index in [-0.39, 0.29) is 17.7 Å². The second kappa shape index (κ2) is 11.3. The van der Waals surface area contributed by atoms with Gasteiger partial charge in [0.1, 0.15) is 11.5 Å². The highest BCUT2D eigenvalue weighted by molar-refractivity contribution is 6.01. The van der Waals surface area contributed by atoms with Crippen molar-refractivity contribution in [3.63, 3.8) is 0 Å². The van der Waals surface area contributed by atoms with Gasteiger partial charge in [-0.05, 0) is 38.4 Å². The van der Waals surface area contributed by atoms with E-state index in [1.807, 2.05) is 38.3 Å². The number of likely N-dealkylation sites (N-methyl/N-ethyl adjacent to an activating group) is 2. The van der Waals surface area contributed by atoms with Gasteiger partial charge >= 0.3 is 0 Å². The van der Waals surface area contributed by atoms with Gasteiger partial charge in [0.2, 0.25) is 17.7 Å². The zero-order valence-corrected chi connectivity index (χ0v) is 22.1. The lowest BCUT2D eigenvalue weighted by Crippen LogP contribution is -2.30. The Morgan fingerprint density at radius 2 is 1.97 bits per heavy atom. The molecule has 3 aromatic heterocycles. The highest BCUT2D eigenvalue weighted by Crippen LogP contribution is 2.35. The normalized spacial score (nSPS) is 11.0. The van der Waals surface area contributed by atoms with Crippen molar-refractivity contribution in [2.75, 3.05) is 56.9 Å². The van der Waals surface area contributed by atoms with E-state index in [1.165, 1.54) is 19.3 Å². The number of hydrogen-bond donors (Lipinski definition) is 2. The summed E-state index contributed by atoms with van der Waals surface area (Å²) in [5, 5.41) is 6.72. The molecule has 0 spiro atoms. The van der Waals surface area contributed by atoms with E-state index in [1.54, 1.807) is 36.0 Å². The molecule has 0 atom stereocenters. The summed E-state index contributed by atoms with van der Waals surface area (Å²) in [6, 6.07) is 8.45. The first-order valence-electron chi connectivity index (χ1n) is 11.9. The molecule has 0 radical (unpaired) electrons. The molecule has 1 aromatic carbocycles. The fraction of sp³-hybridized carbons (Fsp3) is 0.259. The number of methoxy groups -OCH3 is 1. The van der Waals surface area contributed by atoms with Gasteiger partial charge in [0, 0.05) is 50.5 Å². The summed E-state index contributed by atoms with van der Waals surface area (Å²) < 4.78 is 21.7. The molecule has 0 unspecified atom stereocenters. The summed E-state index contributed by atoms with van der Waals surface area (Å²) in [5.74, 6) is 0.452. The van der Waals surface area contributed by atoms with Crippen LogP contribution in [0.2, 0.25) is 0 Å². The number of carbonyl (C=O) groups is 1. The van der Waals surface area contributed by atoms with Crippen LogP contribution in [-0.4, -0.2) is 71.7 Å². The maximum absolute atomic E-state index is 14.4. The maximum atomic E-state index is 14.4. The van der Waals surface area contributed by atoms with Crippen LogP contribution in [0.1, 0.15) is 0 Å². The number of anilines is 4. The number of aryl methyl sites for hydroxylation is 1. The Labute approximate surface area is 220 Å². The van der Waals surface area contributed by atoms with Crippen LogP contribution in [0.4, 0.5) is 27.5 Å². The van der Waals surface area contributed by atoms with Crippen molar-refractivity contribution >= 4 is 40.0 Å². The molecule has 4 aromatic rings. The molecular weight excluding hydrogens is 487 g/mol. The monoisotopic (exact) mass is 518 g/mol. The van der Waals surface area contributed by atoms with E-state index in [9.17, 15) is 9.18 Å². The van der Waals surface area contributed by atoms with E-state index in [0.29, 0.717) is 40.8 Å². The SMILES string of the molecule is C=CC(=O)Nc1cc(Nc2nccc(-c3cn(C)c4c(F)cccc34)n2)c(OC)nc1N(C)CCN(C)C. The number of aromatic nitrogens is 4. The summed E-state index contributed by atoms with van der Waals surface area (Å²) in [6.07, 6.45) is 4.65. The lowest BCUT2D eigenvalue weighted by Gasteiger charge is -2.24. The van der Waals surface area contributed by atoms with Gasteiger partial charge in [-0.3, -0.25) is 4.79 Å².